The zero-order valence-electron chi connectivity index (χ0n) is 72.8. The van der Waals surface area contributed by atoms with Crippen molar-refractivity contribution < 1.29 is 267 Å². The lowest BCUT2D eigenvalue weighted by Gasteiger charge is -2.52. The van der Waals surface area contributed by atoms with E-state index in [9.17, 15) is 177 Å². The average molecular weight is 1970 g/mol. The van der Waals surface area contributed by atoms with Gasteiger partial charge in [-0.1, -0.05) is 0 Å². The second kappa shape index (κ2) is 48.5. The zero-order valence-corrected chi connectivity index (χ0v) is 72.8. The molecule has 0 aromatic carbocycles. The summed E-state index contributed by atoms with van der Waals surface area (Å²) in [5.74, 6) is -11.0. The highest BCUT2D eigenvalue weighted by atomic mass is 16.8. The van der Waals surface area contributed by atoms with Gasteiger partial charge in [-0.2, -0.15) is 0 Å². The van der Waals surface area contributed by atoms with Crippen molar-refractivity contribution in [3.05, 3.63) is 0 Å². The van der Waals surface area contributed by atoms with Crippen LogP contribution in [0.15, 0.2) is 0 Å². The van der Waals surface area contributed by atoms with Crippen LogP contribution in [0.5, 0.6) is 0 Å². The topological polar surface area (TPSA) is 933 Å². The van der Waals surface area contributed by atoms with E-state index in [-0.39, 0.29) is 0 Å². The van der Waals surface area contributed by atoms with Crippen molar-refractivity contribution in [2.75, 3.05) is 66.1 Å². The normalized spacial score (nSPS) is 46.4. The molecule has 10 fully saturated rings. The van der Waals surface area contributed by atoms with E-state index in [1.807, 2.05) is 0 Å². The fourth-order valence-corrected chi connectivity index (χ4v) is 17.3. The summed E-state index contributed by atoms with van der Waals surface area (Å²) in [4.78, 5) is 90.2. The summed E-state index contributed by atoms with van der Waals surface area (Å²) in [6, 6.07) is -11.6. The molecule has 10 heterocycles. The molecule has 0 radical (unpaired) electrons. The molecule has 0 bridgehead atoms. The maximum atomic E-state index is 13.4. The van der Waals surface area contributed by atoms with Crippen molar-refractivity contribution in [2.45, 2.75) is 360 Å². The lowest BCUT2D eigenvalue weighted by Crippen LogP contribution is -2.71. The van der Waals surface area contributed by atoms with Crippen molar-refractivity contribution in [3.63, 3.8) is 0 Å². The third-order valence-corrected chi connectivity index (χ3v) is 24.3. The Balaban J connectivity index is 1.05. The van der Waals surface area contributed by atoms with E-state index in [0.717, 1.165) is 41.5 Å². The Kier molecular flexibility index (Phi) is 40.0. The van der Waals surface area contributed by atoms with Gasteiger partial charge in [0.05, 0.1) is 78.2 Å². The molecule has 60 nitrogen and oxygen atoms in total. The number of aliphatic hydroxyl groups is 27. The fourth-order valence-electron chi connectivity index (χ4n) is 17.3. The molecule has 778 valence electrons. The molecule has 1 unspecified atom stereocenters. The summed E-state index contributed by atoms with van der Waals surface area (Å²) < 4.78 is 116. The van der Waals surface area contributed by atoms with Gasteiger partial charge in [-0.05, 0) is 0 Å². The minimum Gasteiger partial charge on any atom is -0.477 e. The Morgan fingerprint density at radius 1 is 0.304 bits per heavy atom. The first-order chi connectivity index (χ1) is 63.7. The molecule has 10 aliphatic rings. The summed E-state index contributed by atoms with van der Waals surface area (Å²) in [6.07, 6.45) is -100. The summed E-state index contributed by atoms with van der Waals surface area (Å²) in [7, 11) is 0. The summed E-state index contributed by atoms with van der Waals surface area (Å²) in [6.45, 7) is -6.77. The van der Waals surface area contributed by atoms with Crippen LogP contribution in [0.4, 0.5) is 0 Å². The molecule has 60 heteroatoms. The van der Waals surface area contributed by atoms with Crippen LogP contribution in [0.25, 0.3) is 0 Å². The van der Waals surface area contributed by atoms with Gasteiger partial charge in [0.25, 0.3) is 5.79 Å². The molecule has 0 aromatic heterocycles. The smallest absolute Gasteiger partial charge is 0.364 e. The second-order valence-corrected chi connectivity index (χ2v) is 33.9. The van der Waals surface area contributed by atoms with E-state index in [1.54, 1.807) is 0 Å². The van der Waals surface area contributed by atoms with Crippen molar-refractivity contribution in [1.29, 1.82) is 0 Å². The molecule has 6 amide bonds. The number of hydrogen-bond donors (Lipinski definition) is 34. The number of hydrogen-bond acceptors (Lipinski definition) is 53. The minimum absolute atomic E-state index is 0.834. The first-order valence-corrected chi connectivity index (χ1v) is 42.7. The van der Waals surface area contributed by atoms with Gasteiger partial charge in [-0.3, -0.25) is 28.8 Å². The molecule has 0 aliphatic carbocycles. The van der Waals surface area contributed by atoms with E-state index in [2.05, 4.69) is 31.9 Å². The van der Waals surface area contributed by atoms with Gasteiger partial charge in [-0.25, -0.2) is 4.79 Å². The number of carboxylic acids is 1. The maximum absolute atomic E-state index is 13.4. The second-order valence-electron chi connectivity index (χ2n) is 33.9. The van der Waals surface area contributed by atoms with E-state index in [1.165, 1.54) is 0 Å². The Morgan fingerprint density at radius 2 is 0.615 bits per heavy atom. The molecular weight excluding hydrogens is 1850 g/mol. The van der Waals surface area contributed by atoms with Gasteiger partial charge in [0.15, 0.2) is 56.6 Å². The molecule has 10 rings (SSSR count). The minimum atomic E-state index is -3.13. The first kappa shape index (κ1) is 111. The number of nitrogens with one attached hydrogen (secondary N) is 6. The first-order valence-electron chi connectivity index (χ1n) is 42.7. The van der Waals surface area contributed by atoms with Crippen molar-refractivity contribution >= 4 is 41.4 Å². The van der Waals surface area contributed by atoms with E-state index in [4.69, 9.17) is 90.0 Å². The Hall–Kier alpha value is -5.55. The third kappa shape index (κ3) is 25.2. The summed E-state index contributed by atoms with van der Waals surface area (Å²) in [5.41, 5.74) is 0. The highest BCUT2D eigenvalue weighted by Crippen LogP contribution is 2.43. The molecule has 51 atom stereocenters. The molecule has 0 spiro atoms. The zero-order chi connectivity index (χ0) is 99.9. The van der Waals surface area contributed by atoms with Gasteiger partial charge in [-0.15, -0.1) is 0 Å². The van der Waals surface area contributed by atoms with Crippen LogP contribution in [0, 0.1) is 0 Å². The van der Waals surface area contributed by atoms with Gasteiger partial charge in [0.2, 0.25) is 35.4 Å². The highest BCUT2D eigenvalue weighted by Gasteiger charge is 2.64. The average Bonchev–Trinajstić information content (AvgIpc) is 0.766. The van der Waals surface area contributed by atoms with Gasteiger partial charge >= 0.3 is 5.97 Å². The number of aliphatic hydroxyl groups excluding tert-OH is 27. The number of carboxylic acid groups (broad SMARTS) is 1. The van der Waals surface area contributed by atoms with Crippen LogP contribution in [-0.4, -0.2) is 563 Å². The number of carbonyl (C=O) groups is 7. The van der Waals surface area contributed by atoms with Gasteiger partial charge in [0.1, 0.15) is 238 Å². The largest absolute Gasteiger partial charge is 0.477 e. The van der Waals surface area contributed by atoms with E-state index in [0.29, 0.717) is 0 Å². The SMILES string of the molecule is CC(=O)N[C@H]1[C@H](O[C@H]2[C@H](O)[C@@H](NC(C)=O)C(O)O[C@@H]2CO)O[C@H](CO)[C@@H](O[C@@H]2O[C@H](CO[C@H]3O[C@H](CO)[C@@H](O)[C@H](O)[C@@H]3O[C@@H]3O[C@H](CO)[C@@H](O)[C@H](O)[C@H]3NC(C)=O)[C@@H](O[C@@H]3O[C@H](CO)[C@@H](O)[C@H](O)[C@H]3NC(C)=O)[C@H](O[C@H]3O[C@H](CO)[C@@H](O)[C@H](O)[C@@H]3O[C@@H]3O[C@H](CO)[C@@H](O[C@@H]4O[C@H](CO[C@]5(C(=O)O)C[C@H](O)[C@@H](NC(C)=O)[C@H]([C@H](O)[C@H](O)CO)O5)[C@H](O)[C@H](O)[C@H]4O)[C@H](O)[C@H]3NC(C)=O)[C@@H]2O)[C@@H]1O. The van der Waals surface area contributed by atoms with Crippen LogP contribution in [0.1, 0.15) is 48.0 Å². The van der Waals surface area contributed by atoms with Crippen LogP contribution >= 0.6 is 0 Å². The maximum Gasteiger partial charge on any atom is 0.364 e. The lowest BCUT2D eigenvalue weighted by molar-refractivity contribution is -0.409. The molecule has 0 aromatic rings. The van der Waals surface area contributed by atoms with Crippen molar-refractivity contribution in [1.82, 2.24) is 31.9 Å². The Morgan fingerprint density at radius 3 is 1.03 bits per heavy atom. The Bertz CT molecular complexity index is 3820. The number of amides is 6. The molecular formula is C75H124N6O54. The summed E-state index contributed by atoms with van der Waals surface area (Å²) >= 11 is 0. The fraction of sp³-hybridized carbons (Fsp3) is 0.907. The van der Waals surface area contributed by atoms with Crippen LogP contribution in [0.2, 0.25) is 0 Å². The number of carbonyl (C=O) groups excluding carboxylic acids is 6. The Labute approximate surface area is 764 Å². The van der Waals surface area contributed by atoms with Crippen molar-refractivity contribution in [3.8, 4) is 0 Å². The number of aliphatic carboxylic acids is 1. The molecule has 34 N–H and O–H groups in total. The number of ether oxygens (including phenoxy) is 19. The lowest BCUT2D eigenvalue weighted by atomic mass is 9.88. The van der Waals surface area contributed by atoms with Crippen LogP contribution in [-0.2, 0) is 124 Å². The third-order valence-electron chi connectivity index (χ3n) is 24.3. The molecule has 0 saturated carbocycles. The quantitative estimate of drug-likeness (QED) is 0.0275. The van der Waals surface area contributed by atoms with E-state index >= 15 is 0 Å². The van der Waals surface area contributed by atoms with Gasteiger partial charge in [0, 0.05) is 48.0 Å². The highest BCUT2D eigenvalue weighted by molar-refractivity contribution is 5.77. The van der Waals surface area contributed by atoms with Gasteiger partial charge < -0.3 is 265 Å². The van der Waals surface area contributed by atoms with Crippen LogP contribution in [0.3, 0.4) is 0 Å². The summed E-state index contributed by atoms with van der Waals surface area (Å²) in [5, 5.41) is 330. The van der Waals surface area contributed by atoms with E-state index < -0.39 is 426 Å². The molecule has 10 saturated heterocycles. The molecule has 135 heavy (non-hydrogen) atoms. The number of rotatable bonds is 37. The standard InChI is InChI=1S/C75H124N6O54/c1-18(90)76-35-24(96)7-75(74(115)116,135-61(35)41(98)25(97)8-82)118-17-33-46(103)52(109)55(112)70(126-33)129-58-31(14-88)125-69(40(51(58)108)81-23(6)95)134-64-54(111)45(102)29(12-86)123-73(64)132-62-56(113)71(130-59-32(15-89)124-68(39(50(59)107)80-22(5)94)128-57-30(13-87)119-65(114)36(49(57)106)77-19(2)91)127-34(60(62)131-66-37(78-20(3)92)47(104)42(99)26(9-83)120-66)16-117-72-63(53(110)44(101)28(11-85)122-72)133-67-38(79-21(4)93)48(105)43(100)27(10-84)121-67/h24-73,82-89,96-114H,7-17H2,1-6H3,(H,76,90)(H,77,91)(H,78,92)(H,79,93)(H,80,94)(H,81,95)(H,115,116)/t24-,25+,26+,27+,28+,29+,30+,31+,32+,33+,34+,35+,36+,37+,38+,39+,40+,41+,42+,43+,44+,45+,46-,47+,48+,49+,50+,51+,52-,53-,54-,55+,56-,57+,58+,59+,60+,61+,62+,63-,64-,65?,66-,67-,68-,69-,70-,71-,72-,73+,75+/m0/s1. The predicted octanol–water partition coefficient (Wildman–Crippen LogP) is -22.7. The van der Waals surface area contributed by atoms with Crippen molar-refractivity contribution in [2.24, 2.45) is 0 Å². The van der Waals surface area contributed by atoms with Crippen LogP contribution < -0.4 is 31.9 Å². The monoisotopic (exact) mass is 1970 g/mol. The molecule has 10 aliphatic heterocycles. The predicted molar refractivity (Wildman–Crippen MR) is 416 cm³/mol.